The van der Waals surface area contributed by atoms with Crippen LogP contribution in [0.5, 0.6) is 0 Å². The predicted octanol–water partition coefficient (Wildman–Crippen LogP) is 2.05. The summed E-state index contributed by atoms with van der Waals surface area (Å²) in [5, 5.41) is 2.90. The number of ether oxygens (including phenoxy) is 1. The van der Waals surface area contributed by atoms with E-state index in [1.54, 1.807) is 11.3 Å². The maximum absolute atomic E-state index is 11.8. The number of carbonyl (C=O) groups is 1. The van der Waals surface area contributed by atoms with Crippen molar-refractivity contribution in [2.24, 2.45) is 5.73 Å². The predicted molar refractivity (Wildman–Crippen MR) is 94.0 cm³/mol. The van der Waals surface area contributed by atoms with E-state index in [4.69, 9.17) is 15.5 Å². The van der Waals surface area contributed by atoms with Crippen molar-refractivity contribution in [3.63, 3.8) is 0 Å². The maximum atomic E-state index is 11.8. The number of para-hydroxylation sites is 1. The van der Waals surface area contributed by atoms with Crippen molar-refractivity contribution in [1.82, 2.24) is 9.97 Å². The lowest BCUT2D eigenvalue weighted by atomic mass is 10.1. The van der Waals surface area contributed by atoms with E-state index >= 15 is 0 Å². The van der Waals surface area contributed by atoms with E-state index in [9.17, 15) is 4.79 Å². The molecule has 1 amide bonds. The molecule has 0 unspecified atom stereocenters. The van der Waals surface area contributed by atoms with Gasteiger partial charge in [-0.25, -0.2) is 9.97 Å². The van der Waals surface area contributed by atoms with Gasteiger partial charge >= 0.3 is 0 Å². The van der Waals surface area contributed by atoms with Crippen LogP contribution in [0.3, 0.4) is 0 Å². The Morgan fingerprint density at radius 1 is 1.25 bits per heavy atom. The third-order valence-corrected chi connectivity index (χ3v) is 4.92. The van der Waals surface area contributed by atoms with Crippen LogP contribution in [-0.2, 0) is 9.53 Å². The second-order valence-corrected chi connectivity index (χ2v) is 6.50. The third kappa shape index (κ3) is 2.61. The van der Waals surface area contributed by atoms with Gasteiger partial charge in [0.1, 0.15) is 11.9 Å². The summed E-state index contributed by atoms with van der Waals surface area (Å²) in [6, 6.07) is 11.3. The fraction of sp³-hybridized carbons (Fsp3) is 0.235. The fourth-order valence-electron chi connectivity index (χ4n) is 2.89. The number of thiophene rings is 1. The molecule has 0 radical (unpaired) electrons. The van der Waals surface area contributed by atoms with Gasteiger partial charge in [0.25, 0.3) is 0 Å². The minimum atomic E-state index is -0.520. The van der Waals surface area contributed by atoms with Crippen molar-refractivity contribution in [2.45, 2.75) is 6.04 Å². The van der Waals surface area contributed by atoms with Gasteiger partial charge in [-0.3, -0.25) is 4.79 Å². The number of aromatic nitrogens is 2. The van der Waals surface area contributed by atoms with Crippen LogP contribution < -0.4 is 10.6 Å². The molecule has 1 aliphatic heterocycles. The first-order valence-electron chi connectivity index (χ1n) is 7.68. The highest BCUT2D eigenvalue weighted by Crippen LogP contribution is 2.31. The first kappa shape index (κ1) is 15.0. The van der Waals surface area contributed by atoms with E-state index in [1.165, 1.54) is 0 Å². The normalized spacial score (nSPS) is 18.0. The monoisotopic (exact) mass is 340 g/mol. The molecule has 2 N–H and O–H groups in total. The SMILES string of the molecule is NC(=O)[C@@H]1COCCN1c1nc(-c2cccs2)nc2ccccc12. The minimum Gasteiger partial charge on any atom is -0.377 e. The number of anilines is 1. The molecule has 1 aliphatic rings. The van der Waals surface area contributed by atoms with E-state index < -0.39 is 11.9 Å². The molecule has 0 bridgehead atoms. The van der Waals surface area contributed by atoms with Crippen molar-refractivity contribution in [2.75, 3.05) is 24.7 Å². The van der Waals surface area contributed by atoms with Gasteiger partial charge in [0.05, 0.1) is 23.6 Å². The summed E-state index contributed by atoms with van der Waals surface area (Å²) < 4.78 is 5.43. The number of fused-ring (bicyclic) bond motifs is 1. The number of nitrogens with zero attached hydrogens (tertiary/aromatic N) is 3. The summed E-state index contributed by atoms with van der Waals surface area (Å²) in [7, 11) is 0. The lowest BCUT2D eigenvalue weighted by Gasteiger charge is -2.35. The second kappa shape index (κ2) is 6.18. The van der Waals surface area contributed by atoms with Crippen molar-refractivity contribution in [3.8, 4) is 10.7 Å². The average molecular weight is 340 g/mol. The average Bonchev–Trinajstić information content (AvgIpc) is 3.15. The van der Waals surface area contributed by atoms with E-state index in [0.717, 1.165) is 21.6 Å². The van der Waals surface area contributed by atoms with Crippen molar-refractivity contribution in [1.29, 1.82) is 0 Å². The standard InChI is InChI=1S/C17H16N4O2S/c18-15(22)13-10-23-8-7-21(13)17-11-4-1-2-5-12(11)19-16(20-17)14-6-3-9-24-14/h1-6,9,13H,7-8,10H2,(H2,18,22)/t13-/m0/s1. The lowest BCUT2D eigenvalue weighted by molar-refractivity contribution is -0.121. The fourth-order valence-corrected chi connectivity index (χ4v) is 3.55. The van der Waals surface area contributed by atoms with Gasteiger partial charge in [-0.05, 0) is 23.6 Å². The van der Waals surface area contributed by atoms with E-state index in [0.29, 0.717) is 19.0 Å². The largest absolute Gasteiger partial charge is 0.377 e. The Hall–Kier alpha value is -2.51. The number of rotatable bonds is 3. The van der Waals surface area contributed by atoms with Gasteiger partial charge in [0, 0.05) is 11.9 Å². The minimum absolute atomic E-state index is 0.280. The molecule has 0 aliphatic carbocycles. The molecule has 6 nitrogen and oxygen atoms in total. The van der Waals surface area contributed by atoms with Gasteiger partial charge < -0.3 is 15.4 Å². The smallest absolute Gasteiger partial charge is 0.242 e. The molecule has 3 aromatic rings. The highest BCUT2D eigenvalue weighted by molar-refractivity contribution is 7.13. The Morgan fingerprint density at radius 2 is 2.12 bits per heavy atom. The molecular formula is C17H16N4O2S. The first-order valence-corrected chi connectivity index (χ1v) is 8.56. The van der Waals surface area contributed by atoms with Gasteiger partial charge in [-0.15, -0.1) is 11.3 Å². The van der Waals surface area contributed by atoms with Crippen LogP contribution in [0.25, 0.3) is 21.6 Å². The van der Waals surface area contributed by atoms with E-state index in [-0.39, 0.29) is 6.61 Å². The third-order valence-electron chi connectivity index (χ3n) is 4.05. The Bertz CT molecular complexity index is 881. The molecule has 24 heavy (non-hydrogen) atoms. The van der Waals surface area contributed by atoms with Gasteiger partial charge in [-0.1, -0.05) is 18.2 Å². The number of primary amides is 1. The lowest BCUT2D eigenvalue weighted by Crippen LogP contribution is -2.53. The van der Waals surface area contributed by atoms with Crippen molar-refractivity contribution < 1.29 is 9.53 Å². The molecule has 122 valence electrons. The molecular weight excluding hydrogens is 324 g/mol. The topological polar surface area (TPSA) is 81.3 Å². The summed E-state index contributed by atoms with van der Waals surface area (Å²) >= 11 is 1.59. The first-order chi connectivity index (χ1) is 11.7. The zero-order valence-electron chi connectivity index (χ0n) is 12.9. The van der Waals surface area contributed by atoms with Gasteiger partial charge in [0.2, 0.25) is 5.91 Å². The summed E-state index contributed by atoms with van der Waals surface area (Å²) in [5.41, 5.74) is 6.42. The number of amides is 1. The van der Waals surface area contributed by atoms with Crippen LogP contribution in [0, 0.1) is 0 Å². The maximum Gasteiger partial charge on any atom is 0.242 e. The molecule has 4 rings (SSSR count). The molecule has 1 aromatic carbocycles. The Kier molecular flexibility index (Phi) is 3.87. The highest BCUT2D eigenvalue weighted by Gasteiger charge is 2.30. The molecule has 1 saturated heterocycles. The molecule has 7 heteroatoms. The number of nitrogens with two attached hydrogens (primary N) is 1. The number of benzene rings is 1. The van der Waals surface area contributed by atoms with E-state index in [1.807, 2.05) is 46.7 Å². The molecule has 3 heterocycles. The van der Waals surface area contributed by atoms with Crippen LogP contribution in [-0.4, -0.2) is 41.7 Å². The second-order valence-electron chi connectivity index (χ2n) is 5.55. The molecule has 2 aromatic heterocycles. The number of hydrogen-bond acceptors (Lipinski definition) is 6. The summed E-state index contributed by atoms with van der Waals surface area (Å²) in [4.78, 5) is 24.2. The van der Waals surface area contributed by atoms with Crippen LogP contribution >= 0.6 is 11.3 Å². The van der Waals surface area contributed by atoms with Crippen LogP contribution in [0.4, 0.5) is 5.82 Å². The molecule has 0 spiro atoms. The number of carbonyl (C=O) groups excluding carboxylic acids is 1. The summed E-state index contributed by atoms with van der Waals surface area (Å²) in [6.45, 7) is 1.39. The van der Waals surface area contributed by atoms with Crippen molar-refractivity contribution >= 4 is 34.0 Å². The Balaban J connectivity index is 1.91. The van der Waals surface area contributed by atoms with Crippen LogP contribution in [0.15, 0.2) is 41.8 Å². The number of morpholine rings is 1. The highest BCUT2D eigenvalue weighted by atomic mass is 32.1. The quantitative estimate of drug-likeness (QED) is 0.789. The molecule has 1 fully saturated rings. The van der Waals surface area contributed by atoms with Gasteiger partial charge in [0.15, 0.2) is 5.82 Å². The summed E-state index contributed by atoms with van der Waals surface area (Å²) in [5.74, 6) is 0.986. The van der Waals surface area contributed by atoms with E-state index in [2.05, 4.69) is 4.98 Å². The zero-order valence-corrected chi connectivity index (χ0v) is 13.7. The van der Waals surface area contributed by atoms with Crippen LogP contribution in [0.2, 0.25) is 0 Å². The Morgan fingerprint density at radius 3 is 2.92 bits per heavy atom. The zero-order chi connectivity index (χ0) is 16.5. The number of hydrogen-bond donors (Lipinski definition) is 1. The Labute approximate surface area is 142 Å². The van der Waals surface area contributed by atoms with Gasteiger partial charge in [-0.2, -0.15) is 0 Å². The summed E-state index contributed by atoms with van der Waals surface area (Å²) in [6.07, 6.45) is 0. The van der Waals surface area contributed by atoms with Crippen LogP contribution in [0.1, 0.15) is 0 Å². The molecule has 0 saturated carbocycles. The molecule has 1 atom stereocenters. The van der Waals surface area contributed by atoms with Crippen molar-refractivity contribution in [3.05, 3.63) is 41.8 Å².